The van der Waals surface area contributed by atoms with Gasteiger partial charge in [0.2, 0.25) is 5.91 Å². The largest absolute Gasteiger partial charge is 0.352 e. The summed E-state index contributed by atoms with van der Waals surface area (Å²) < 4.78 is 0. The Labute approximate surface area is 165 Å². The number of aryl methyl sites for hydroxylation is 2. The zero-order valence-electron chi connectivity index (χ0n) is 16.2. The van der Waals surface area contributed by atoms with Gasteiger partial charge in [0.1, 0.15) is 6.04 Å². The Morgan fingerprint density at radius 2 is 1.78 bits per heavy atom. The van der Waals surface area contributed by atoms with Crippen LogP contribution in [0.2, 0.25) is 0 Å². The second kappa shape index (κ2) is 9.46. The van der Waals surface area contributed by atoms with Crippen molar-refractivity contribution in [3.05, 3.63) is 53.6 Å². The van der Waals surface area contributed by atoms with Gasteiger partial charge >= 0.3 is 6.03 Å². The average Bonchev–Trinajstić information content (AvgIpc) is 2.63. The molecule has 0 fully saturated rings. The van der Waals surface area contributed by atoms with E-state index in [0.29, 0.717) is 5.69 Å². The molecular weight excluding hydrogens is 358 g/mol. The number of carbonyl (C=O) groups excluding carboxylic acids is 2. The molecule has 0 aliphatic rings. The Bertz CT molecular complexity index is 806. The lowest BCUT2D eigenvalue weighted by Gasteiger charge is -2.22. The van der Waals surface area contributed by atoms with Gasteiger partial charge in [-0.15, -0.1) is 0 Å². The van der Waals surface area contributed by atoms with Gasteiger partial charge in [0.05, 0.1) is 0 Å². The molecule has 0 radical (unpaired) electrons. The highest BCUT2D eigenvalue weighted by Crippen LogP contribution is 2.31. The van der Waals surface area contributed by atoms with E-state index in [1.165, 1.54) is 16.0 Å². The molecule has 3 amide bonds. The van der Waals surface area contributed by atoms with Gasteiger partial charge in [0.15, 0.2) is 0 Å². The molecule has 6 heteroatoms. The highest BCUT2D eigenvalue weighted by molar-refractivity contribution is 7.99. The number of nitrogens with one attached hydrogen (secondary N) is 2. The number of urea groups is 1. The monoisotopic (exact) mass is 385 g/mol. The zero-order chi connectivity index (χ0) is 20.0. The second-order valence-electron chi connectivity index (χ2n) is 6.76. The summed E-state index contributed by atoms with van der Waals surface area (Å²) in [6.07, 6.45) is 0.754. The fourth-order valence-corrected chi connectivity index (χ4v) is 3.63. The summed E-state index contributed by atoms with van der Waals surface area (Å²) >= 11 is 1.69. The van der Waals surface area contributed by atoms with Crippen LogP contribution in [0.4, 0.5) is 10.5 Å². The number of rotatable bonds is 7. The fraction of sp³-hybridized carbons (Fsp3) is 0.333. The standard InChI is InChI=1S/C21H27N3O2S/c1-5-14(3)19(24-21(22)26)20(25)23-16-8-10-17(11-9-16)27-18-12-13(2)6-7-15(18)4/h6-12,14,19H,5H2,1-4H3,(H,23,25)(H3,22,24,26). The van der Waals surface area contributed by atoms with Gasteiger partial charge in [-0.3, -0.25) is 4.79 Å². The van der Waals surface area contributed by atoms with Gasteiger partial charge in [-0.05, 0) is 61.2 Å². The van der Waals surface area contributed by atoms with Gasteiger partial charge in [-0.1, -0.05) is 44.2 Å². The van der Waals surface area contributed by atoms with Crippen molar-refractivity contribution < 1.29 is 9.59 Å². The van der Waals surface area contributed by atoms with Crippen LogP contribution in [0.15, 0.2) is 52.3 Å². The molecule has 5 nitrogen and oxygen atoms in total. The van der Waals surface area contributed by atoms with Crippen molar-refractivity contribution in [1.82, 2.24) is 5.32 Å². The van der Waals surface area contributed by atoms with E-state index >= 15 is 0 Å². The third-order valence-electron chi connectivity index (χ3n) is 4.49. The van der Waals surface area contributed by atoms with Crippen LogP contribution in [0.3, 0.4) is 0 Å². The lowest BCUT2D eigenvalue weighted by atomic mass is 9.98. The molecule has 0 spiro atoms. The number of nitrogens with two attached hydrogens (primary N) is 1. The Morgan fingerprint density at radius 1 is 1.11 bits per heavy atom. The molecule has 2 unspecified atom stereocenters. The minimum Gasteiger partial charge on any atom is -0.352 e. The van der Waals surface area contributed by atoms with E-state index in [0.717, 1.165) is 11.3 Å². The number of hydrogen-bond acceptors (Lipinski definition) is 3. The molecule has 0 saturated carbocycles. The van der Waals surface area contributed by atoms with E-state index in [-0.39, 0.29) is 11.8 Å². The van der Waals surface area contributed by atoms with Crippen molar-refractivity contribution in [2.45, 2.75) is 49.9 Å². The van der Waals surface area contributed by atoms with Gasteiger partial charge in [0, 0.05) is 15.5 Å². The predicted octanol–water partition coefficient (Wildman–Crippen LogP) is 4.48. The number of amides is 3. The lowest BCUT2D eigenvalue weighted by molar-refractivity contribution is -0.119. The Morgan fingerprint density at radius 3 is 2.37 bits per heavy atom. The van der Waals surface area contributed by atoms with E-state index < -0.39 is 12.1 Å². The van der Waals surface area contributed by atoms with Crippen LogP contribution >= 0.6 is 11.8 Å². The van der Waals surface area contributed by atoms with Crippen LogP contribution in [0.1, 0.15) is 31.4 Å². The summed E-state index contributed by atoms with van der Waals surface area (Å²) in [6.45, 7) is 8.05. The first kappa shape index (κ1) is 20.8. The maximum atomic E-state index is 12.5. The average molecular weight is 386 g/mol. The second-order valence-corrected chi connectivity index (χ2v) is 7.87. The van der Waals surface area contributed by atoms with Crippen molar-refractivity contribution in [2.24, 2.45) is 11.7 Å². The molecule has 0 heterocycles. The summed E-state index contributed by atoms with van der Waals surface area (Å²) in [6, 6.07) is 12.7. The van der Waals surface area contributed by atoms with Gasteiger partial charge in [-0.2, -0.15) is 0 Å². The molecule has 4 N–H and O–H groups in total. The van der Waals surface area contributed by atoms with Crippen molar-refractivity contribution >= 4 is 29.4 Å². The van der Waals surface area contributed by atoms with E-state index in [2.05, 4.69) is 42.7 Å². The summed E-state index contributed by atoms with van der Waals surface area (Å²) in [5, 5.41) is 5.38. The van der Waals surface area contributed by atoms with Crippen LogP contribution in [0.5, 0.6) is 0 Å². The molecule has 0 saturated heterocycles. The molecule has 144 valence electrons. The third-order valence-corrected chi connectivity index (χ3v) is 5.65. The smallest absolute Gasteiger partial charge is 0.312 e. The molecule has 2 rings (SSSR count). The molecule has 2 atom stereocenters. The van der Waals surface area contributed by atoms with Crippen LogP contribution < -0.4 is 16.4 Å². The quantitative estimate of drug-likeness (QED) is 0.657. The van der Waals surface area contributed by atoms with Crippen LogP contribution in [-0.2, 0) is 4.79 Å². The number of benzene rings is 2. The highest BCUT2D eigenvalue weighted by atomic mass is 32.2. The first-order chi connectivity index (χ1) is 12.8. The molecular formula is C21H27N3O2S. The predicted molar refractivity (Wildman–Crippen MR) is 111 cm³/mol. The third kappa shape index (κ3) is 6.03. The molecule has 27 heavy (non-hydrogen) atoms. The summed E-state index contributed by atoms with van der Waals surface area (Å²) in [7, 11) is 0. The van der Waals surface area contributed by atoms with Gasteiger partial charge in [-0.25, -0.2) is 4.79 Å². The Balaban J connectivity index is 2.06. The summed E-state index contributed by atoms with van der Waals surface area (Å²) in [4.78, 5) is 26.0. The molecule has 2 aromatic carbocycles. The molecule has 2 aromatic rings. The summed E-state index contributed by atoms with van der Waals surface area (Å²) in [5.74, 6) is -0.283. The van der Waals surface area contributed by atoms with Crippen molar-refractivity contribution in [2.75, 3.05) is 5.32 Å². The summed E-state index contributed by atoms with van der Waals surface area (Å²) in [5.41, 5.74) is 8.35. The Kier molecular flexibility index (Phi) is 7.30. The topological polar surface area (TPSA) is 84.2 Å². The fourth-order valence-electron chi connectivity index (χ4n) is 2.63. The Hall–Kier alpha value is -2.47. The van der Waals surface area contributed by atoms with E-state index in [4.69, 9.17) is 5.73 Å². The van der Waals surface area contributed by atoms with Gasteiger partial charge in [0.25, 0.3) is 0 Å². The van der Waals surface area contributed by atoms with E-state index in [1.807, 2.05) is 38.1 Å². The number of hydrogen-bond donors (Lipinski definition) is 3. The zero-order valence-corrected chi connectivity index (χ0v) is 17.0. The molecule has 0 aromatic heterocycles. The van der Waals surface area contributed by atoms with Crippen molar-refractivity contribution in [3.8, 4) is 0 Å². The highest BCUT2D eigenvalue weighted by Gasteiger charge is 2.25. The van der Waals surface area contributed by atoms with Crippen LogP contribution in [0.25, 0.3) is 0 Å². The molecule has 0 aliphatic heterocycles. The number of carbonyl (C=O) groups is 2. The number of anilines is 1. The molecule has 0 aliphatic carbocycles. The van der Waals surface area contributed by atoms with Crippen LogP contribution in [0, 0.1) is 19.8 Å². The molecule has 0 bridgehead atoms. The van der Waals surface area contributed by atoms with Crippen molar-refractivity contribution in [3.63, 3.8) is 0 Å². The van der Waals surface area contributed by atoms with E-state index in [1.54, 1.807) is 11.8 Å². The maximum Gasteiger partial charge on any atom is 0.312 e. The number of primary amides is 1. The minimum atomic E-state index is -0.698. The first-order valence-electron chi connectivity index (χ1n) is 9.02. The van der Waals surface area contributed by atoms with E-state index in [9.17, 15) is 9.59 Å². The lowest BCUT2D eigenvalue weighted by Crippen LogP contribution is -2.49. The van der Waals surface area contributed by atoms with Crippen LogP contribution in [-0.4, -0.2) is 18.0 Å². The normalized spacial score (nSPS) is 12.9. The first-order valence-corrected chi connectivity index (χ1v) is 9.83. The van der Waals surface area contributed by atoms with Gasteiger partial charge < -0.3 is 16.4 Å². The maximum absolute atomic E-state index is 12.5. The minimum absolute atomic E-state index is 0.0170. The SMILES string of the molecule is CCC(C)C(NC(N)=O)C(=O)Nc1ccc(Sc2cc(C)ccc2C)cc1. The van der Waals surface area contributed by atoms with Crippen molar-refractivity contribution in [1.29, 1.82) is 0 Å².